The van der Waals surface area contributed by atoms with Gasteiger partial charge in [0, 0.05) is 62.9 Å². The van der Waals surface area contributed by atoms with Crippen LogP contribution in [-0.4, -0.2) is 75.5 Å². The predicted molar refractivity (Wildman–Crippen MR) is 122 cm³/mol. The van der Waals surface area contributed by atoms with Gasteiger partial charge in [-0.2, -0.15) is 0 Å². The minimum Gasteiger partial charge on any atom is -0.374 e. The molecule has 2 aromatic heterocycles. The number of hydrogen-bond acceptors (Lipinski definition) is 6. The van der Waals surface area contributed by atoms with Gasteiger partial charge in [-0.15, -0.1) is 0 Å². The van der Waals surface area contributed by atoms with Crippen molar-refractivity contribution in [2.45, 2.75) is 63.2 Å². The maximum Gasteiger partial charge on any atom is 0.228 e. The number of amides is 2. The third-order valence-electron chi connectivity index (χ3n) is 7.96. The van der Waals surface area contributed by atoms with Crippen molar-refractivity contribution in [3.63, 3.8) is 0 Å². The first kappa shape index (κ1) is 20.9. The molecule has 4 aliphatic rings. The molecule has 176 valence electrons. The van der Waals surface area contributed by atoms with Gasteiger partial charge in [-0.3, -0.25) is 9.59 Å². The van der Waals surface area contributed by atoms with E-state index in [0.717, 1.165) is 76.0 Å². The molecule has 0 aliphatic carbocycles. The van der Waals surface area contributed by atoms with Gasteiger partial charge in [-0.05, 0) is 44.9 Å². The van der Waals surface area contributed by atoms with E-state index in [9.17, 15) is 9.59 Å². The van der Waals surface area contributed by atoms with Crippen molar-refractivity contribution in [3.8, 4) is 0 Å². The first-order chi connectivity index (χ1) is 16.2. The number of fused-ring (bicyclic) bond motifs is 3. The Morgan fingerprint density at radius 2 is 1.88 bits per heavy atom. The third kappa shape index (κ3) is 3.96. The molecular formula is C24H32N6O3. The normalized spacial score (nSPS) is 31.8. The number of carbonyl (C=O) groups excluding carboxylic acids is 2. The topological polar surface area (TPSA) is 92.1 Å². The van der Waals surface area contributed by atoms with Crippen LogP contribution >= 0.6 is 0 Å². The Kier molecular flexibility index (Phi) is 5.44. The van der Waals surface area contributed by atoms with Gasteiger partial charge in [0.05, 0.1) is 18.1 Å². The van der Waals surface area contributed by atoms with Crippen LogP contribution in [0.5, 0.6) is 0 Å². The lowest BCUT2D eigenvalue weighted by molar-refractivity contribution is -0.137. The smallest absolute Gasteiger partial charge is 0.228 e. The van der Waals surface area contributed by atoms with E-state index in [1.165, 1.54) is 0 Å². The number of hydrogen-bond donors (Lipinski definition) is 1. The van der Waals surface area contributed by atoms with Gasteiger partial charge in [-0.25, -0.2) is 9.97 Å². The maximum atomic E-state index is 13.1. The van der Waals surface area contributed by atoms with Crippen molar-refractivity contribution < 1.29 is 14.3 Å². The van der Waals surface area contributed by atoms with Crippen LogP contribution in [0.25, 0.3) is 5.65 Å². The molecular weight excluding hydrogens is 420 g/mol. The molecule has 6 heterocycles. The highest BCUT2D eigenvalue weighted by molar-refractivity contribution is 5.81. The summed E-state index contributed by atoms with van der Waals surface area (Å²) in [5.41, 5.74) is 0.846. The highest BCUT2D eigenvalue weighted by Gasteiger charge is 2.46. The highest BCUT2D eigenvalue weighted by atomic mass is 16.5. The van der Waals surface area contributed by atoms with E-state index < -0.39 is 0 Å². The summed E-state index contributed by atoms with van der Waals surface area (Å²) in [5, 5.41) is 3.28. The van der Waals surface area contributed by atoms with Crippen LogP contribution < -0.4 is 10.2 Å². The molecule has 4 aliphatic heterocycles. The van der Waals surface area contributed by atoms with Crippen LogP contribution in [0.4, 0.5) is 5.82 Å². The Balaban J connectivity index is 1.02. The number of nitrogens with one attached hydrogen (secondary N) is 1. The molecule has 9 nitrogen and oxygen atoms in total. The van der Waals surface area contributed by atoms with Crippen LogP contribution in [0.3, 0.4) is 0 Å². The van der Waals surface area contributed by atoms with Crippen LogP contribution in [-0.2, 0) is 14.3 Å². The number of carbonyl (C=O) groups is 2. The Morgan fingerprint density at radius 3 is 2.70 bits per heavy atom. The summed E-state index contributed by atoms with van der Waals surface area (Å²) >= 11 is 0. The molecule has 0 spiro atoms. The average Bonchev–Trinajstić information content (AvgIpc) is 3.61. The van der Waals surface area contributed by atoms with Crippen molar-refractivity contribution in [2.24, 2.45) is 11.8 Å². The molecule has 4 saturated heterocycles. The van der Waals surface area contributed by atoms with E-state index >= 15 is 0 Å². The Labute approximate surface area is 193 Å². The van der Waals surface area contributed by atoms with Crippen LogP contribution in [0.1, 0.15) is 44.9 Å². The molecule has 2 bridgehead atoms. The standard InChI is InChI=1S/C24H32N6O3/c31-23(27-17-6-11-30(15-17)22-21-25-7-12-28(21)13-8-26-22)16-2-1-9-29(10-5-16)24(32)19-14-18-3-4-20(19)33-18/h7-8,12-13,16-20H,1-6,9-11,14-15H2,(H,27,31)/t16-,17+,18+,19+,20-/m1/s1. The Hall–Kier alpha value is -2.68. The third-order valence-corrected chi connectivity index (χ3v) is 7.96. The van der Waals surface area contributed by atoms with Gasteiger partial charge in [0.25, 0.3) is 0 Å². The number of nitrogens with zero attached hydrogens (tertiary/aromatic N) is 5. The van der Waals surface area contributed by atoms with Gasteiger partial charge >= 0.3 is 0 Å². The molecule has 2 aromatic rings. The SMILES string of the molecule is O=C(N[C@H]1CCN(c2nccn3ccnc23)C1)[C@@H]1CCCN(C(=O)[C@H]2C[C@@H]3CC[C@H]2O3)CC1. The van der Waals surface area contributed by atoms with Crippen molar-refractivity contribution >= 4 is 23.3 Å². The van der Waals surface area contributed by atoms with Gasteiger partial charge < -0.3 is 24.3 Å². The number of rotatable bonds is 4. The molecule has 0 radical (unpaired) electrons. The van der Waals surface area contributed by atoms with Gasteiger partial charge in [0.15, 0.2) is 11.5 Å². The predicted octanol–water partition coefficient (Wildman–Crippen LogP) is 1.62. The maximum absolute atomic E-state index is 13.1. The fraction of sp³-hybridized carbons (Fsp3) is 0.667. The van der Waals surface area contributed by atoms with Crippen LogP contribution in [0, 0.1) is 11.8 Å². The fourth-order valence-corrected chi connectivity index (χ4v) is 6.16. The largest absolute Gasteiger partial charge is 0.374 e. The van der Waals surface area contributed by atoms with E-state index in [-0.39, 0.29) is 41.9 Å². The van der Waals surface area contributed by atoms with E-state index in [2.05, 4.69) is 20.2 Å². The first-order valence-corrected chi connectivity index (χ1v) is 12.4. The summed E-state index contributed by atoms with van der Waals surface area (Å²) < 4.78 is 7.86. The molecule has 0 unspecified atom stereocenters. The van der Waals surface area contributed by atoms with Crippen molar-refractivity contribution in [2.75, 3.05) is 31.1 Å². The molecule has 9 heteroatoms. The Morgan fingerprint density at radius 1 is 1.00 bits per heavy atom. The first-order valence-electron chi connectivity index (χ1n) is 12.4. The summed E-state index contributed by atoms with van der Waals surface area (Å²) in [7, 11) is 0. The second kappa shape index (κ2) is 8.59. The molecule has 33 heavy (non-hydrogen) atoms. The lowest BCUT2D eigenvalue weighted by atomic mass is 9.88. The number of ether oxygens (including phenoxy) is 1. The van der Waals surface area contributed by atoms with Crippen molar-refractivity contribution in [1.29, 1.82) is 0 Å². The molecule has 5 atom stereocenters. The van der Waals surface area contributed by atoms with E-state index in [4.69, 9.17) is 4.74 Å². The quantitative estimate of drug-likeness (QED) is 0.758. The average molecular weight is 453 g/mol. The molecule has 4 fully saturated rings. The zero-order chi connectivity index (χ0) is 22.4. The summed E-state index contributed by atoms with van der Waals surface area (Å²) in [6.07, 6.45) is 14.1. The summed E-state index contributed by atoms with van der Waals surface area (Å²) in [4.78, 5) is 39.3. The fourth-order valence-electron chi connectivity index (χ4n) is 6.16. The minimum atomic E-state index is -0.0259. The van der Waals surface area contributed by atoms with Gasteiger partial charge in [-0.1, -0.05) is 0 Å². The zero-order valence-electron chi connectivity index (χ0n) is 18.9. The lowest BCUT2D eigenvalue weighted by Crippen LogP contribution is -2.42. The van der Waals surface area contributed by atoms with Gasteiger partial charge in [0.1, 0.15) is 0 Å². The van der Waals surface area contributed by atoms with Crippen LogP contribution in [0.15, 0.2) is 24.8 Å². The monoisotopic (exact) mass is 452 g/mol. The summed E-state index contributed by atoms with van der Waals surface area (Å²) in [6, 6.07) is 0.113. The number of likely N-dealkylation sites (tertiary alicyclic amines) is 1. The second-order valence-corrected chi connectivity index (χ2v) is 10.0. The van der Waals surface area contributed by atoms with E-state index in [1.54, 1.807) is 12.4 Å². The van der Waals surface area contributed by atoms with Crippen molar-refractivity contribution in [3.05, 3.63) is 24.8 Å². The number of aromatic nitrogens is 3. The Bertz CT molecular complexity index is 1040. The highest BCUT2D eigenvalue weighted by Crippen LogP contribution is 2.40. The number of anilines is 1. The van der Waals surface area contributed by atoms with Crippen molar-refractivity contribution in [1.82, 2.24) is 24.6 Å². The minimum absolute atomic E-state index is 0.0259. The molecule has 6 rings (SSSR count). The molecule has 0 aromatic carbocycles. The molecule has 0 saturated carbocycles. The van der Waals surface area contributed by atoms with Gasteiger partial charge in [0.2, 0.25) is 11.8 Å². The lowest BCUT2D eigenvalue weighted by Gasteiger charge is -2.27. The molecule has 2 amide bonds. The van der Waals surface area contributed by atoms with E-state index in [1.807, 2.05) is 21.7 Å². The number of imidazole rings is 1. The van der Waals surface area contributed by atoms with E-state index in [0.29, 0.717) is 6.54 Å². The zero-order valence-corrected chi connectivity index (χ0v) is 18.9. The molecule has 1 N–H and O–H groups in total. The summed E-state index contributed by atoms with van der Waals surface area (Å²) in [6.45, 7) is 3.02. The second-order valence-electron chi connectivity index (χ2n) is 10.0. The summed E-state index contributed by atoms with van der Waals surface area (Å²) in [5.74, 6) is 1.25. The van der Waals surface area contributed by atoms with Crippen LogP contribution in [0.2, 0.25) is 0 Å².